The Bertz CT molecular complexity index is 385. The lowest BCUT2D eigenvalue weighted by atomic mass is 10.1. The average Bonchev–Trinajstić information content (AvgIpc) is 2.31. The van der Waals surface area contributed by atoms with Crippen LogP contribution in [0.25, 0.3) is 0 Å². The predicted molar refractivity (Wildman–Crippen MR) is 73.4 cm³/mol. The van der Waals surface area contributed by atoms with Gasteiger partial charge in [-0.1, -0.05) is 6.92 Å². The summed E-state index contributed by atoms with van der Waals surface area (Å²) in [7, 11) is 0. The van der Waals surface area contributed by atoms with Gasteiger partial charge in [-0.2, -0.15) is 0 Å². The molecule has 102 valence electrons. The lowest BCUT2D eigenvalue weighted by Crippen LogP contribution is -2.43. The number of aliphatic hydroxyl groups is 1. The molecule has 0 aromatic heterocycles. The minimum absolute atomic E-state index is 0.155. The molecule has 0 bridgehead atoms. The third kappa shape index (κ3) is 5.33. The highest BCUT2D eigenvalue weighted by molar-refractivity contribution is 9.10. The minimum atomic E-state index is -0.948. The van der Waals surface area contributed by atoms with E-state index in [4.69, 9.17) is 4.74 Å². The fourth-order valence-electron chi connectivity index (χ4n) is 1.39. The molecule has 0 amide bonds. The van der Waals surface area contributed by atoms with Crippen molar-refractivity contribution in [1.29, 1.82) is 0 Å². The Morgan fingerprint density at radius 1 is 1.50 bits per heavy atom. The normalized spacial score (nSPS) is 14.3. The maximum atomic E-state index is 13.0. The maximum Gasteiger partial charge on any atom is 0.137 e. The molecule has 3 nitrogen and oxygen atoms in total. The van der Waals surface area contributed by atoms with Crippen molar-refractivity contribution in [3.63, 3.8) is 0 Å². The first-order valence-corrected chi connectivity index (χ1v) is 6.75. The van der Waals surface area contributed by atoms with E-state index in [-0.39, 0.29) is 12.4 Å². The standard InChI is InChI=1S/C13H19BrFNO2/c1-3-6-16-8-13(2,17)9-18-10-4-5-12(15)11(14)7-10/h4-5,7,16-17H,3,6,8-9H2,1-2H3. The maximum absolute atomic E-state index is 13.0. The van der Waals surface area contributed by atoms with Crippen LogP contribution in [0.3, 0.4) is 0 Å². The van der Waals surface area contributed by atoms with E-state index < -0.39 is 5.60 Å². The van der Waals surface area contributed by atoms with Crippen LogP contribution in [0.1, 0.15) is 20.3 Å². The van der Waals surface area contributed by atoms with Gasteiger partial charge in [-0.3, -0.25) is 0 Å². The van der Waals surface area contributed by atoms with Crippen LogP contribution in [-0.2, 0) is 0 Å². The second-order valence-electron chi connectivity index (χ2n) is 4.54. The molecule has 1 unspecified atom stereocenters. The fourth-order valence-corrected chi connectivity index (χ4v) is 1.75. The SMILES string of the molecule is CCCNCC(C)(O)COc1ccc(F)c(Br)c1. The van der Waals surface area contributed by atoms with Gasteiger partial charge in [0.05, 0.1) is 4.47 Å². The summed E-state index contributed by atoms with van der Waals surface area (Å²) in [5, 5.41) is 13.2. The number of hydrogen-bond donors (Lipinski definition) is 2. The second kappa shape index (κ2) is 7.07. The molecule has 0 saturated heterocycles. The Labute approximate surface area is 115 Å². The summed E-state index contributed by atoms with van der Waals surface area (Å²) in [6.45, 7) is 5.24. The van der Waals surface area contributed by atoms with Gasteiger partial charge in [-0.05, 0) is 54.0 Å². The van der Waals surface area contributed by atoms with Gasteiger partial charge in [0.25, 0.3) is 0 Å². The zero-order chi connectivity index (χ0) is 13.6. The molecule has 0 aliphatic heterocycles. The summed E-state index contributed by atoms with van der Waals surface area (Å²) in [5.41, 5.74) is -0.948. The Balaban J connectivity index is 2.45. The van der Waals surface area contributed by atoms with Crippen molar-refractivity contribution < 1.29 is 14.2 Å². The summed E-state index contributed by atoms with van der Waals surface area (Å²) >= 11 is 3.09. The summed E-state index contributed by atoms with van der Waals surface area (Å²) in [6, 6.07) is 4.41. The van der Waals surface area contributed by atoms with E-state index in [1.54, 1.807) is 13.0 Å². The van der Waals surface area contributed by atoms with Crippen LogP contribution in [0.2, 0.25) is 0 Å². The van der Waals surface area contributed by atoms with Crippen molar-refractivity contribution >= 4 is 15.9 Å². The molecule has 1 aromatic rings. The Morgan fingerprint density at radius 2 is 2.22 bits per heavy atom. The molecule has 1 rings (SSSR count). The van der Waals surface area contributed by atoms with Crippen LogP contribution in [-0.4, -0.2) is 30.4 Å². The summed E-state index contributed by atoms with van der Waals surface area (Å²) in [5.74, 6) is 0.192. The van der Waals surface area contributed by atoms with Gasteiger partial charge in [-0.15, -0.1) is 0 Å². The highest BCUT2D eigenvalue weighted by atomic mass is 79.9. The van der Waals surface area contributed by atoms with E-state index in [0.29, 0.717) is 16.8 Å². The van der Waals surface area contributed by atoms with Gasteiger partial charge in [0.2, 0.25) is 0 Å². The van der Waals surface area contributed by atoms with Crippen LogP contribution in [0.5, 0.6) is 5.75 Å². The molecule has 0 saturated carbocycles. The average molecular weight is 320 g/mol. The lowest BCUT2D eigenvalue weighted by molar-refractivity contribution is 0.0124. The Hall–Kier alpha value is -0.650. The minimum Gasteiger partial charge on any atom is -0.491 e. The topological polar surface area (TPSA) is 41.5 Å². The highest BCUT2D eigenvalue weighted by Gasteiger charge is 2.20. The smallest absolute Gasteiger partial charge is 0.137 e. The molecular weight excluding hydrogens is 301 g/mol. The number of ether oxygens (including phenoxy) is 1. The zero-order valence-electron chi connectivity index (χ0n) is 10.7. The predicted octanol–water partition coefficient (Wildman–Crippen LogP) is 2.72. The van der Waals surface area contributed by atoms with E-state index in [9.17, 15) is 9.50 Å². The van der Waals surface area contributed by atoms with Crippen molar-refractivity contribution in [2.45, 2.75) is 25.9 Å². The first-order valence-electron chi connectivity index (χ1n) is 5.95. The van der Waals surface area contributed by atoms with Gasteiger partial charge < -0.3 is 15.2 Å². The van der Waals surface area contributed by atoms with E-state index in [1.807, 2.05) is 0 Å². The molecule has 0 fully saturated rings. The first-order chi connectivity index (χ1) is 8.44. The van der Waals surface area contributed by atoms with Crippen LogP contribution >= 0.6 is 15.9 Å². The number of hydrogen-bond acceptors (Lipinski definition) is 3. The zero-order valence-corrected chi connectivity index (χ0v) is 12.3. The second-order valence-corrected chi connectivity index (χ2v) is 5.39. The number of rotatable bonds is 7. The van der Waals surface area contributed by atoms with Crippen molar-refractivity contribution in [2.24, 2.45) is 0 Å². The van der Waals surface area contributed by atoms with E-state index in [1.165, 1.54) is 12.1 Å². The molecule has 0 aliphatic carbocycles. The Kier molecular flexibility index (Phi) is 6.05. The van der Waals surface area contributed by atoms with E-state index in [2.05, 4.69) is 28.2 Å². The molecule has 0 spiro atoms. The fraction of sp³-hybridized carbons (Fsp3) is 0.538. The van der Waals surface area contributed by atoms with Crippen molar-refractivity contribution in [1.82, 2.24) is 5.32 Å². The molecule has 2 N–H and O–H groups in total. The van der Waals surface area contributed by atoms with Gasteiger partial charge in [0, 0.05) is 6.54 Å². The van der Waals surface area contributed by atoms with Gasteiger partial charge in [0.1, 0.15) is 23.8 Å². The quantitative estimate of drug-likeness (QED) is 0.759. The highest BCUT2D eigenvalue weighted by Crippen LogP contribution is 2.22. The summed E-state index contributed by atoms with van der Waals surface area (Å²) < 4.78 is 18.8. The monoisotopic (exact) mass is 319 g/mol. The van der Waals surface area contributed by atoms with Crippen LogP contribution in [0.15, 0.2) is 22.7 Å². The first kappa shape index (κ1) is 15.4. The molecule has 1 atom stereocenters. The molecular formula is C13H19BrFNO2. The van der Waals surface area contributed by atoms with Crippen molar-refractivity contribution in [3.8, 4) is 5.75 Å². The number of benzene rings is 1. The molecule has 5 heteroatoms. The van der Waals surface area contributed by atoms with Crippen molar-refractivity contribution in [2.75, 3.05) is 19.7 Å². The van der Waals surface area contributed by atoms with Gasteiger partial charge in [0.15, 0.2) is 0 Å². The molecule has 18 heavy (non-hydrogen) atoms. The third-order valence-corrected chi connectivity index (χ3v) is 2.98. The number of nitrogens with one attached hydrogen (secondary N) is 1. The molecule has 0 radical (unpaired) electrons. The Morgan fingerprint density at radius 3 is 2.83 bits per heavy atom. The van der Waals surface area contributed by atoms with Crippen LogP contribution in [0, 0.1) is 5.82 Å². The van der Waals surface area contributed by atoms with Crippen LogP contribution in [0.4, 0.5) is 4.39 Å². The third-order valence-electron chi connectivity index (χ3n) is 2.37. The largest absolute Gasteiger partial charge is 0.491 e. The van der Waals surface area contributed by atoms with Crippen LogP contribution < -0.4 is 10.1 Å². The van der Waals surface area contributed by atoms with E-state index >= 15 is 0 Å². The molecule has 0 aliphatic rings. The van der Waals surface area contributed by atoms with Gasteiger partial charge in [-0.25, -0.2) is 4.39 Å². The van der Waals surface area contributed by atoms with E-state index in [0.717, 1.165) is 13.0 Å². The summed E-state index contributed by atoms with van der Waals surface area (Å²) in [4.78, 5) is 0. The lowest BCUT2D eigenvalue weighted by Gasteiger charge is -2.24. The van der Waals surface area contributed by atoms with Crippen molar-refractivity contribution in [3.05, 3.63) is 28.5 Å². The van der Waals surface area contributed by atoms with Gasteiger partial charge >= 0.3 is 0 Å². The molecule has 1 aromatic carbocycles. The number of halogens is 2. The summed E-state index contributed by atoms with van der Waals surface area (Å²) in [6.07, 6.45) is 1.02. The molecule has 0 heterocycles.